The lowest BCUT2D eigenvalue weighted by Crippen LogP contribution is -2.30. The Kier molecular flexibility index (Phi) is 3.54. The summed E-state index contributed by atoms with van der Waals surface area (Å²) >= 11 is 3.49. The number of phenolic OH excluding ortho intramolecular Hbond substituents is 1. The van der Waals surface area contributed by atoms with Crippen molar-refractivity contribution in [2.45, 2.75) is 12.5 Å². The van der Waals surface area contributed by atoms with E-state index in [1.54, 1.807) is 13.2 Å². The van der Waals surface area contributed by atoms with Gasteiger partial charge < -0.3 is 20.1 Å². The molecule has 2 heterocycles. The third-order valence-electron chi connectivity index (χ3n) is 4.46. The van der Waals surface area contributed by atoms with Crippen LogP contribution in [0.4, 0.5) is 0 Å². The van der Waals surface area contributed by atoms with Crippen LogP contribution in [0.25, 0.3) is 10.9 Å². The van der Waals surface area contributed by atoms with Gasteiger partial charge in [-0.15, -0.1) is 0 Å². The molecule has 0 bridgehead atoms. The first kappa shape index (κ1) is 14.6. The third kappa shape index (κ3) is 2.40. The van der Waals surface area contributed by atoms with Crippen LogP contribution in [0.1, 0.15) is 22.9 Å². The maximum absolute atomic E-state index is 10.3. The highest BCUT2D eigenvalue weighted by molar-refractivity contribution is 9.10. The minimum Gasteiger partial charge on any atom is -0.508 e. The Morgan fingerprint density at radius 3 is 2.91 bits per heavy atom. The van der Waals surface area contributed by atoms with Crippen molar-refractivity contribution in [3.8, 4) is 11.5 Å². The lowest BCUT2D eigenvalue weighted by molar-refractivity contribution is 0.415. The molecule has 1 aromatic heterocycles. The molecule has 4 rings (SSSR count). The zero-order chi connectivity index (χ0) is 16.0. The average molecular weight is 373 g/mol. The van der Waals surface area contributed by atoms with Gasteiger partial charge >= 0.3 is 0 Å². The molecule has 3 aromatic rings. The first-order chi connectivity index (χ1) is 11.2. The molecule has 5 heteroatoms. The summed E-state index contributed by atoms with van der Waals surface area (Å²) in [5.41, 5.74) is 4.38. The average Bonchev–Trinajstić information content (AvgIpc) is 2.95. The smallest absolute Gasteiger partial charge is 0.120 e. The minimum atomic E-state index is -0.0466. The molecule has 0 saturated heterocycles. The van der Waals surface area contributed by atoms with Crippen LogP contribution in [0.15, 0.2) is 40.9 Å². The number of H-pyrrole nitrogens is 1. The fourth-order valence-electron chi connectivity index (χ4n) is 3.36. The molecule has 0 saturated carbocycles. The van der Waals surface area contributed by atoms with Crippen molar-refractivity contribution in [2.24, 2.45) is 0 Å². The lowest BCUT2D eigenvalue weighted by Gasteiger charge is -2.25. The molecular weight excluding hydrogens is 356 g/mol. The second-order valence-corrected chi connectivity index (χ2v) is 6.68. The van der Waals surface area contributed by atoms with Crippen molar-refractivity contribution >= 4 is 26.8 Å². The summed E-state index contributed by atoms with van der Waals surface area (Å²) in [5, 5.41) is 15.0. The first-order valence-electron chi connectivity index (χ1n) is 7.57. The molecule has 1 atom stereocenters. The van der Waals surface area contributed by atoms with E-state index in [1.807, 2.05) is 24.3 Å². The van der Waals surface area contributed by atoms with Gasteiger partial charge in [-0.3, -0.25) is 0 Å². The maximum atomic E-state index is 10.3. The number of nitrogens with one attached hydrogen (secondary N) is 2. The molecule has 2 aromatic carbocycles. The zero-order valence-electron chi connectivity index (χ0n) is 12.7. The highest BCUT2D eigenvalue weighted by atomic mass is 79.9. The number of benzene rings is 2. The standard InChI is InChI=1S/C18H17BrN2O2/c1-23-11-3-4-15-13(9-11)12-6-7-20-17(18(12)21-15)14-8-10(19)2-5-16(14)22/h2-5,8-9,17,20-22H,6-7H2,1H3. The number of ether oxygens (including phenoxy) is 1. The number of aromatic hydroxyl groups is 1. The Morgan fingerprint density at radius 1 is 1.22 bits per heavy atom. The van der Waals surface area contributed by atoms with Crippen LogP contribution in [0.2, 0.25) is 0 Å². The highest BCUT2D eigenvalue weighted by Gasteiger charge is 2.27. The molecule has 1 aliphatic rings. The van der Waals surface area contributed by atoms with Crippen molar-refractivity contribution < 1.29 is 9.84 Å². The number of phenols is 1. The van der Waals surface area contributed by atoms with E-state index in [2.05, 4.69) is 32.3 Å². The van der Waals surface area contributed by atoms with Crippen molar-refractivity contribution in [2.75, 3.05) is 13.7 Å². The summed E-state index contributed by atoms with van der Waals surface area (Å²) in [7, 11) is 1.68. The van der Waals surface area contributed by atoms with Gasteiger partial charge in [0.2, 0.25) is 0 Å². The van der Waals surface area contributed by atoms with Gasteiger partial charge in [-0.05, 0) is 48.4 Å². The van der Waals surface area contributed by atoms with Crippen molar-refractivity contribution in [3.05, 3.63) is 57.7 Å². The highest BCUT2D eigenvalue weighted by Crippen LogP contribution is 2.38. The summed E-state index contributed by atoms with van der Waals surface area (Å²) in [4.78, 5) is 3.52. The van der Waals surface area contributed by atoms with Crippen LogP contribution in [-0.2, 0) is 6.42 Å². The molecule has 1 unspecified atom stereocenters. The summed E-state index contributed by atoms with van der Waals surface area (Å²) in [6.45, 7) is 0.869. The van der Waals surface area contributed by atoms with Crippen molar-refractivity contribution in [1.29, 1.82) is 0 Å². The van der Waals surface area contributed by atoms with E-state index in [0.717, 1.165) is 40.0 Å². The summed E-state index contributed by atoms with van der Waals surface area (Å²) in [6, 6.07) is 11.6. The quantitative estimate of drug-likeness (QED) is 0.639. The predicted molar refractivity (Wildman–Crippen MR) is 94.2 cm³/mol. The van der Waals surface area contributed by atoms with Crippen molar-refractivity contribution in [3.63, 3.8) is 0 Å². The summed E-state index contributed by atoms with van der Waals surface area (Å²) < 4.78 is 6.31. The second-order valence-electron chi connectivity index (χ2n) is 5.77. The van der Waals surface area contributed by atoms with Crippen LogP contribution in [0.3, 0.4) is 0 Å². The van der Waals surface area contributed by atoms with Gasteiger partial charge in [0.25, 0.3) is 0 Å². The maximum Gasteiger partial charge on any atom is 0.120 e. The molecule has 0 aliphatic carbocycles. The number of methoxy groups -OCH3 is 1. The van der Waals surface area contributed by atoms with E-state index >= 15 is 0 Å². The van der Waals surface area contributed by atoms with E-state index in [9.17, 15) is 5.11 Å². The van der Waals surface area contributed by atoms with Crippen molar-refractivity contribution in [1.82, 2.24) is 10.3 Å². The van der Waals surface area contributed by atoms with E-state index in [1.165, 1.54) is 10.9 Å². The second kappa shape index (κ2) is 5.58. The van der Waals surface area contributed by atoms with Gasteiger partial charge in [0.15, 0.2) is 0 Å². The minimum absolute atomic E-state index is 0.0466. The van der Waals surface area contributed by atoms with Gasteiger partial charge in [0.05, 0.1) is 13.2 Å². The van der Waals surface area contributed by atoms with Gasteiger partial charge in [0.1, 0.15) is 11.5 Å². The number of halogens is 1. The molecule has 4 nitrogen and oxygen atoms in total. The first-order valence-corrected chi connectivity index (χ1v) is 8.37. The Hall–Kier alpha value is -1.98. The fraction of sp³-hybridized carbons (Fsp3) is 0.222. The van der Waals surface area contributed by atoms with Gasteiger partial charge in [0, 0.05) is 33.2 Å². The van der Waals surface area contributed by atoms with Crippen LogP contribution < -0.4 is 10.1 Å². The molecule has 23 heavy (non-hydrogen) atoms. The molecular formula is C18H17BrN2O2. The normalized spacial score (nSPS) is 17.2. The Balaban J connectivity index is 1.90. The monoisotopic (exact) mass is 372 g/mol. The Bertz CT molecular complexity index is 888. The fourth-order valence-corrected chi connectivity index (χ4v) is 3.73. The van der Waals surface area contributed by atoms with E-state index in [0.29, 0.717) is 5.75 Å². The topological polar surface area (TPSA) is 57.3 Å². The van der Waals surface area contributed by atoms with E-state index in [4.69, 9.17) is 4.74 Å². The van der Waals surface area contributed by atoms with Gasteiger partial charge in [-0.2, -0.15) is 0 Å². The lowest BCUT2D eigenvalue weighted by atomic mass is 9.94. The van der Waals surface area contributed by atoms with Crippen LogP contribution >= 0.6 is 15.9 Å². The number of aromatic amines is 1. The summed E-state index contributed by atoms with van der Waals surface area (Å²) in [6.07, 6.45) is 0.952. The zero-order valence-corrected chi connectivity index (χ0v) is 14.3. The molecule has 0 spiro atoms. The number of fused-ring (bicyclic) bond motifs is 3. The van der Waals surface area contributed by atoms with Crippen LogP contribution in [0, 0.1) is 0 Å². The molecule has 118 valence electrons. The Labute approximate surface area is 142 Å². The number of hydrogen-bond donors (Lipinski definition) is 3. The third-order valence-corrected chi connectivity index (χ3v) is 4.95. The molecule has 0 fully saturated rings. The number of rotatable bonds is 2. The molecule has 0 radical (unpaired) electrons. The molecule has 1 aliphatic heterocycles. The molecule has 3 N–H and O–H groups in total. The van der Waals surface area contributed by atoms with Crippen LogP contribution in [-0.4, -0.2) is 23.7 Å². The van der Waals surface area contributed by atoms with Gasteiger partial charge in [-0.1, -0.05) is 15.9 Å². The Morgan fingerprint density at radius 2 is 2.09 bits per heavy atom. The molecule has 0 amide bonds. The SMILES string of the molecule is COc1ccc2[nH]c3c(c2c1)CCNC3c1cc(Br)ccc1O. The number of hydrogen-bond acceptors (Lipinski definition) is 3. The van der Waals surface area contributed by atoms with Crippen LogP contribution in [0.5, 0.6) is 11.5 Å². The van der Waals surface area contributed by atoms with Gasteiger partial charge in [-0.25, -0.2) is 0 Å². The summed E-state index contributed by atoms with van der Waals surface area (Å²) in [5.74, 6) is 1.16. The van der Waals surface area contributed by atoms with E-state index in [-0.39, 0.29) is 6.04 Å². The predicted octanol–water partition coefficient (Wildman–Crippen LogP) is 3.88. The largest absolute Gasteiger partial charge is 0.508 e. The number of aromatic nitrogens is 1. The van der Waals surface area contributed by atoms with E-state index < -0.39 is 0 Å².